The second-order valence-electron chi connectivity index (χ2n) is 4.78. The third-order valence-corrected chi connectivity index (χ3v) is 3.73. The van der Waals surface area contributed by atoms with Crippen molar-refractivity contribution in [1.29, 1.82) is 0 Å². The molecule has 0 unspecified atom stereocenters. The van der Waals surface area contributed by atoms with Gasteiger partial charge < -0.3 is 4.74 Å². The van der Waals surface area contributed by atoms with Crippen LogP contribution in [0.4, 0.5) is 0 Å². The van der Waals surface area contributed by atoms with Crippen LogP contribution in [0.5, 0.6) is 5.75 Å². The molecule has 16 heavy (non-hydrogen) atoms. The van der Waals surface area contributed by atoms with Crippen LogP contribution >= 0.6 is 0 Å². The van der Waals surface area contributed by atoms with Crippen molar-refractivity contribution in [1.82, 2.24) is 0 Å². The van der Waals surface area contributed by atoms with Crippen molar-refractivity contribution in [2.45, 2.75) is 38.0 Å². The Morgan fingerprint density at radius 3 is 2.75 bits per heavy atom. The predicted octanol–water partition coefficient (Wildman–Crippen LogP) is 2.85. The largest absolute Gasteiger partial charge is 0.493 e. The maximum atomic E-state index is 11.2. The monoisotopic (exact) mass is 216 g/mol. The molecule has 1 aromatic carbocycles. The second kappa shape index (κ2) is 3.93. The first-order valence-corrected chi connectivity index (χ1v) is 6.10. The molecule has 1 fully saturated rings. The molecule has 0 N–H and O–H groups in total. The molecule has 2 aliphatic rings. The third kappa shape index (κ3) is 1.73. The van der Waals surface area contributed by atoms with E-state index in [1.807, 2.05) is 0 Å². The number of ether oxygens (including phenoxy) is 1. The van der Waals surface area contributed by atoms with Crippen LogP contribution in [0.25, 0.3) is 0 Å². The van der Waals surface area contributed by atoms with Crippen LogP contribution < -0.4 is 4.74 Å². The van der Waals surface area contributed by atoms with Crippen LogP contribution in [0, 0.1) is 0 Å². The molecule has 3 rings (SSSR count). The minimum Gasteiger partial charge on any atom is -0.493 e. The summed E-state index contributed by atoms with van der Waals surface area (Å²) in [6.07, 6.45) is 4.61. The first-order chi connectivity index (χ1) is 7.83. The lowest BCUT2D eigenvalue weighted by molar-refractivity contribution is -0.120. The molecule has 1 aliphatic heterocycles. The Bertz CT molecular complexity index is 413. The van der Waals surface area contributed by atoms with Gasteiger partial charge in [-0.15, -0.1) is 0 Å². The molecule has 1 saturated carbocycles. The molecule has 0 amide bonds. The molecule has 1 heterocycles. The van der Waals surface area contributed by atoms with Crippen molar-refractivity contribution in [3.63, 3.8) is 0 Å². The smallest absolute Gasteiger partial charge is 0.132 e. The van der Waals surface area contributed by atoms with Gasteiger partial charge in [-0.25, -0.2) is 0 Å². The Morgan fingerprint density at radius 2 is 1.94 bits per heavy atom. The fraction of sp³-hybridized carbons (Fsp3) is 0.500. The normalized spacial score (nSPS) is 20.6. The number of carbonyl (C=O) groups excluding carboxylic acids is 1. The number of benzene rings is 1. The van der Waals surface area contributed by atoms with Gasteiger partial charge in [-0.2, -0.15) is 0 Å². The van der Waals surface area contributed by atoms with Gasteiger partial charge in [-0.3, -0.25) is 4.79 Å². The molecule has 84 valence electrons. The number of Topliss-reactive ketones (excluding diaryl/α,β-unsaturated/α-hetero) is 1. The first kappa shape index (κ1) is 9.88. The van der Waals surface area contributed by atoms with Gasteiger partial charge >= 0.3 is 0 Å². The summed E-state index contributed by atoms with van der Waals surface area (Å²) >= 11 is 0. The van der Waals surface area contributed by atoms with Crippen LogP contribution in [-0.2, 0) is 11.2 Å². The molecule has 2 heteroatoms. The predicted molar refractivity (Wildman–Crippen MR) is 61.9 cm³/mol. The Morgan fingerprint density at radius 1 is 1.12 bits per heavy atom. The van der Waals surface area contributed by atoms with Gasteiger partial charge in [0.1, 0.15) is 11.5 Å². The van der Waals surface area contributed by atoms with Gasteiger partial charge in [0, 0.05) is 19.3 Å². The quantitative estimate of drug-likeness (QED) is 0.721. The van der Waals surface area contributed by atoms with Crippen molar-refractivity contribution < 1.29 is 9.53 Å². The van der Waals surface area contributed by atoms with E-state index >= 15 is 0 Å². The molecule has 0 atom stereocenters. The second-order valence-corrected chi connectivity index (χ2v) is 4.78. The highest BCUT2D eigenvalue weighted by atomic mass is 16.5. The average molecular weight is 216 g/mol. The number of rotatable bonds is 1. The van der Waals surface area contributed by atoms with Gasteiger partial charge in [0.05, 0.1) is 6.61 Å². The lowest BCUT2D eigenvalue weighted by Gasteiger charge is -2.21. The Labute approximate surface area is 95.6 Å². The highest BCUT2D eigenvalue weighted by Gasteiger charge is 2.21. The minimum atomic E-state index is 0.431. The molecule has 1 aliphatic carbocycles. The van der Waals surface area contributed by atoms with Gasteiger partial charge in [0.2, 0.25) is 0 Å². The summed E-state index contributed by atoms with van der Waals surface area (Å²) in [4.78, 5) is 11.2. The zero-order chi connectivity index (χ0) is 11.0. The fourth-order valence-electron chi connectivity index (χ4n) is 2.73. The Hall–Kier alpha value is -1.31. The number of hydrogen-bond acceptors (Lipinski definition) is 2. The topological polar surface area (TPSA) is 26.3 Å². The zero-order valence-corrected chi connectivity index (χ0v) is 9.37. The first-order valence-electron chi connectivity index (χ1n) is 6.10. The Balaban J connectivity index is 1.82. The number of ketones is 1. The molecule has 0 bridgehead atoms. The summed E-state index contributed by atoms with van der Waals surface area (Å²) in [6.45, 7) is 0.821. The van der Waals surface area contributed by atoms with E-state index in [2.05, 4.69) is 18.2 Å². The summed E-state index contributed by atoms with van der Waals surface area (Å²) < 4.78 is 5.50. The SMILES string of the molecule is O=C1CCC(c2ccc3c(c2)CCO3)CC1. The molecule has 0 radical (unpaired) electrons. The van der Waals surface area contributed by atoms with E-state index in [4.69, 9.17) is 4.74 Å². The molecule has 1 aromatic rings. The zero-order valence-electron chi connectivity index (χ0n) is 9.37. The van der Waals surface area contributed by atoms with Crippen molar-refractivity contribution in [3.05, 3.63) is 29.3 Å². The lowest BCUT2D eigenvalue weighted by Crippen LogP contribution is -2.12. The van der Waals surface area contributed by atoms with Crippen LogP contribution in [0.15, 0.2) is 18.2 Å². The molecule has 0 saturated heterocycles. The molecule has 0 spiro atoms. The minimum absolute atomic E-state index is 0.431. The van der Waals surface area contributed by atoms with E-state index < -0.39 is 0 Å². The molecule has 0 aromatic heterocycles. The van der Waals surface area contributed by atoms with E-state index in [0.717, 1.165) is 44.5 Å². The maximum Gasteiger partial charge on any atom is 0.132 e. The van der Waals surface area contributed by atoms with E-state index in [1.165, 1.54) is 11.1 Å². The lowest BCUT2D eigenvalue weighted by atomic mass is 9.83. The van der Waals surface area contributed by atoms with E-state index in [9.17, 15) is 4.79 Å². The molecular weight excluding hydrogens is 200 g/mol. The van der Waals surface area contributed by atoms with E-state index in [1.54, 1.807) is 0 Å². The average Bonchev–Trinajstić information content (AvgIpc) is 2.77. The summed E-state index contributed by atoms with van der Waals surface area (Å²) in [7, 11) is 0. The molecular formula is C14H16O2. The van der Waals surface area contributed by atoms with Gasteiger partial charge in [0.15, 0.2) is 0 Å². The van der Waals surface area contributed by atoms with Crippen molar-refractivity contribution in [2.75, 3.05) is 6.61 Å². The summed E-state index contributed by atoms with van der Waals surface area (Å²) in [5.41, 5.74) is 2.74. The van der Waals surface area contributed by atoms with Crippen LogP contribution in [0.2, 0.25) is 0 Å². The maximum absolute atomic E-state index is 11.2. The summed E-state index contributed by atoms with van der Waals surface area (Å²) in [5, 5.41) is 0. The third-order valence-electron chi connectivity index (χ3n) is 3.73. The highest BCUT2D eigenvalue weighted by Crippen LogP contribution is 2.35. The van der Waals surface area contributed by atoms with Crippen molar-refractivity contribution >= 4 is 5.78 Å². The number of fused-ring (bicyclic) bond motifs is 1. The van der Waals surface area contributed by atoms with E-state index in [-0.39, 0.29) is 0 Å². The fourth-order valence-corrected chi connectivity index (χ4v) is 2.73. The van der Waals surface area contributed by atoms with Gasteiger partial charge in [0.25, 0.3) is 0 Å². The van der Waals surface area contributed by atoms with Crippen molar-refractivity contribution in [2.24, 2.45) is 0 Å². The van der Waals surface area contributed by atoms with Crippen LogP contribution in [-0.4, -0.2) is 12.4 Å². The van der Waals surface area contributed by atoms with Crippen LogP contribution in [0.3, 0.4) is 0 Å². The van der Waals surface area contributed by atoms with Crippen molar-refractivity contribution in [3.8, 4) is 5.75 Å². The standard InChI is InChI=1S/C14H16O2/c15-13-4-1-10(2-5-13)11-3-6-14-12(9-11)7-8-16-14/h3,6,9-10H,1-2,4-5,7-8H2. The summed E-state index contributed by atoms with van der Waals surface area (Å²) in [5.74, 6) is 2.07. The Kier molecular flexibility index (Phi) is 2.43. The molecule has 2 nitrogen and oxygen atoms in total. The van der Waals surface area contributed by atoms with Crippen LogP contribution in [0.1, 0.15) is 42.7 Å². The van der Waals surface area contributed by atoms with E-state index in [0.29, 0.717) is 11.7 Å². The summed E-state index contributed by atoms with van der Waals surface area (Å²) in [6, 6.07) is 6.54. The highest BCUT2D eigenvalue weighted by molar-refractivity contribution is 5.79. The van der Waals surface area contributed by atoms with Gasteiger partial charge in [-0.05, 0) is 36.0 Å². The van der Waals surface area contributed by atoms with Gasteiger partial charge in [-0.1, -0.05) is 12.1 Å². The number of carbonyl (C=O) groups is 1. The number of hydrogen-bond donors (Lipinski definition) is 0.